The van der Waals surface area contributed by atoms with Crippen LogP contribution in [0.3, 0.4) is 0 Å². The van der Waals surface area contributed by atoms with E-state index in [1.165, 1.54) is 25.7 Å². The topological polar surface area (TPSA) is 0 Å². The second-order valence-electron chi connectivity index (χ2n) is 5.62. The van der Waals surface area contributed by atoms with Gasteiger partial charge in [-0.3, -0.25) is 0 Å². The minimum Gasteiger partial charge on any atom is -0.0679 e. The number of rotatable bonds is 1. The highest BCUT2D eigenvalue weighted by Gasteiger charge is 2.24. The van der Waals surface area contributed by atoms with Gasteiger partial charge in [-0.05, 0) is 37.0 Å². The summed E-state index contributed by atoms with van der Waals surface area (Å²) >= 11 is 0. The molecule has 0 unspecified atom stereocenters. The normalized spacial score (nSPS) is 19.8. The Kier molecular flexibility index (Phi) is 3.21. The van der Waals surface area contributed by atoms with E-state index < -0.39 is 0 Å². The van der Waals surface area contributed by atoms with Gasteiger partial charge in [0, 0.05) is 0 Å². The first-order valence-electron chi connectivity index (χ1n) is 5.65. The molecule has 0 heterocycles. The van der Waals surface area contributed by atoms with E-state index in [4.69, 9.17) is 0 Å². The van der Waals surface area contributed by atoms with E-state index in [-0.39, 0.29) is 0 Å². The van der Waals surface area contributed by atoms with Gasteiger partial charge < -0.3 is 0 Å². The molecule has 0 bridgehead atoms. The fourth-order valence-corrected chi connectivity index (χ4v) is 2.42. The minimum absolute atomic E-state index is 0.403. The maximum atomic E-state index is 2.36. The van der Waals surface area contributed by atoms with Crippen molar-refractivity contribution < 1.29 is 0 Å². The summed E-state index contributed by atoms with van der Waals surface area (Å²) in [6, 6.07) is 0. The van der Waals surface area contributed by atoms with Gasteiger partial charge in [-0.2, -0.15) is 0 Å². The van der Waals surface area contributed by atoms with Crippen LogP contribution in [0.25, 0.3) is 0 Å². The first-order chi connectivity index (χ1) is 5.93. The predicted molar refractivity (Wildman–Crippen MR) is 59.8 cm³/mol. The Balaban J connectivity index is 2.97. The molecule has 0 amide bonds. The second-order valence-corrected chi connectivity index (χ2v) is 5.62. The Morgan fingerprint density at radius 2 is 1.54 bits per heavy atom. The van der Waals surface area contributed by atoms with Crippen LogP contribution >= 0.6 is 0 Å². The molecule has 0 radical (unpaired) electrons. The summed E-state index contributed by atoms with van der Waals surface area (Å²) in [5.74, 6) is 0.759. The summed E-state index contributed by atoms with van der Waals surface area (Å²) in [6.45, 7) is 11.8. The van der Waals surface area contributed by atoms with Crippen LogP contribution in [0, 0.1) is 11.3 Å². The third-order valence-corrected chi connectivity index (χ3v) is 3.11. The Hall–Kier alpha value is -0.260. The summed E-state index contributed by atoms with van der Waals surface area (Å²) in [5.41, 5.74) is 3.90. The number of allylic oxidation sites excluding steroid dienone is 2. The van der Waals surface area contributed by atoms with Crippen LogP contribution in [0.5, 0.6) is 0 Å². The smallest absolute Gasteiger partial charge is 0.0170 e. The van der Waals surface area contributed by atoms with Crippen molar-refractivity contribution in [1.82, 2.24) is 0 Å². The van der Waals surface area contributed by atoms with Gasteiger partial charge in [0.15, 0.2) is 0 Å². The van der Waals surface area contributed by atoms with Crippen molar-refractivity contribution >= 4 is 0 Å². The SMILES string of the molecule is CC(C)C1=C(C(C)(C)C)CCCC1. The molecule has 0 aromatic carbocycles. The Bertz CT molecular complexity index is 201. The zero-order chi connectivity index (χ0) is 10.1. The van der Waals surface area contributed by atoms with Crippen molar-refractivity contribution in [2.75, 3.05) is 0 Å². The van der Waals surface area contributed by atoms with E-state index in [1.807, 2.05) is 0 Å². The maximum absolute atomic E-state index is 2.36. The molecule has 0 aliphatic heterocycles. The molecular weight excluding hydrogens is 156 g/mol. The molecule has 0 atom stereocenters. The molecule has 0 saturated carbocycles. The Labute approximate surface area is 83.4 Å². The lowest BCUT2D eigenvalue weighted by atomic mass is 9.74. The monoisotopic (exact) mass is 180 g/mol. The lowest BCUT2D eigenvalue weighted by Crippen LogP contribution is -2.17. The van der Waals surface area contributed by atoms with Crippen molar-refractivity contribution in [3.05, 3.63) is 11.1 Å². The predicted octanol–water partition coefficient (Wildman–Crippen LogP) is 4.56. The van der Waals surface area contributed by atoms with Crippen LogP contribution < -0.4 is 0 Å². The van der Waals surface area contributed by atoms with Crippen molar-refractivity contribution in [1.29, 1.82) is 0 Å². The molecule has 0 N–H and O–H groups in total. The maximum Gasteiger partial charge on any atom is -0.0170 e. The van der Waals surface area contributed by atoms with Gasteiger partial charge in [-0.1, -0.05) is 45.8 Å². The third kappa shape index (κ3) is 2.59. The zero-order valence-electron chi connectivity index (χ0n) is 9.91. The van der Waals surface area contributed by atoms with Crippen LogP contribution in [0.15, 0.2) is 11.1 Å². The minimum atomic E-state index is 0.403. The first kappa shape index (κ1) is 10.8. The highest BCUT2D eigenvalue weighted by molar-refractivity contribution is 5.23. The molecule has 0 aromatic heterocycles. The second kappa shape index (κ2) is 3.86. The average Bonchev–Trinajstić information content (AvgIpc) is 2.03. The van der Waals surface area contributed by atoms with Crippen LogP contribution in [0.2, 0.25) is 0 Å². The van der Waals surface area contributed by atoms with Crippen LogP contribution in [-0.2, 0) is 0 Å². The lowest BCUT2D eigenvalue weighted by Gasteiger charge is -2.32. The quantitative estimate of drug-likeness (QED) is 0.519. The van der Waals surface area contributed by atoms with E-state index in [0.717, 1.165) is 5.92 Å². The lowest BCUT2D eigenvalue weighted by molar-refractivity contribution is 0.435. The van der Waals surface area contributed by atoms with Gasteiger partial charge in [0.05, 0.1) is 0 Å². The molecule has 13 heavy (non-hydrogen) atoms. The summed E-state index contributed by atoms with van der Waals surface area (Å²) in [7, 11) is 0. The van der Waals surface area contributed by atoms with Gasteiger partial charge >= 0.3 is 0 Å². The van der Waals surface area contributed by atoms with E-state index in [9.17, 15) is 0 Å². The van der Waals surface area contributed by atoms with Crippen molar-refractivity contribution in [2.24, 2.45) is 11.3 Å². The summed E-state index contributed by atoms with van der Waals surface area (Å²) in [4.78, 5) is 0. The van der Waals surface area contributed by atoms with Gasteiger partial charge in [-0.25, -0.2) is 0 Å². The van der Waals surface area contributed by atoms with E-state index in [2.05, 4.69) is 34.6 Å². The molecule has 0 saturated heterocycles. The zero-order valence-corrected chi connectivity index (χ0v) is 9.91. The summed E-state index contributed by atoms with van der Waals surface area (Å²) in [6.07, 6.45) is 5.51. The van der Waals surface area contributed by atoms with E-state index in [1.54, 1.807) is 11.1 Å². The van der Waals surface area contributed by atoms with Crippen LogP contribution in [0.1, 0.15) is 60.3 Å². The molecule has 1 aliphatic rings. The largest absolute Gasteiger partial charge is 0.0679 e. The molecule has 0 nitrogen and oxygen atoms in total. The van der Waals surface area contributed by atoms with Crippen LogP contribution in [-0.4, -0.2) is 0 Å². The van der Waals surface area contributed by atoms with E-state index >= 15 is 0 Å². The first-order valence-corrected chi connectivity index (χ1v) is 5.65. The molecular formula is C13H24. The summed E-state index contributed by atoms with van der Waals surface area (Å²) < 4.78 is 0. The van der Waals surface area contributed by atoms with Crippen molar-refractivity contribution in [2.45, 2.75) is 60.3 Å². The Morgan fingerprint density at radius 1 is 1.00 bits per heavy atom. The Morgan fingerprint density at radius 3 is 1.92 bits per heavy atom. The van der Waals surface area contributed by atoms with E-state index in [0.29, 0.717) is 5.41 Å². The molecule has 76 valence electrons. The highest BCUT2D eigenvalue weighted by atomic mass is 14.3. The average molecular weight is 180 g/mol. The van der Waals surface area contributed by atoms with Gasteiger partial charge in [0.25, 0.3) is 0 Å². The van der Waals surface area contributed by atoms with Crippen LogP contribution in [0.4, 0.5) is 0 Å². The van der Waals surface area contributed by atoms with Gasteiger partial charge in [0.2, 0.25) is 0 Å². The summed E-state index contributed by atoms with van der Waals surface area (Å²) in [5, 5.41) is 0. The fraction of sp³-hybridized carbons (Fsp3) is 0.846. The molecule has 1 aliphatic carbocycles. The molecule has 0 fully saturated rings. The molecule has 0 aromatic rings. The van der Waals surface area contributed by atoms with Crippen molar-refractivity contribution in [3.8, 4) is 0 Å². The van der Waals surface area contributed by atoms with Gasteiger partial charge in [0.1, 0.15) is 0 Å². The molecule has 1 rings (SSSR count). The highest BCUT2D eigenvalue weighted by Crippen LogP contribution is 2.39. The number of hydrogen-bond donors (Lipinski definition) is 0. The number of hydrogen-bond acceptors (Lipinski definition) is 0. The van der Waals surface area contributed by atoms with Crippen molar-refractivity contribution in [3.63, 3.8) is 0 Å². The van der Waals surface area contributed by atoms with Gasteiger partial charge in [-0.15, -0.1) is 0 Å². The fourth-order valence-electron chi connectivity index (χ4n) is 2.42. The standard InChI is InChI=1S/C13H24/c1-10(2)11-8-6-7-9-12(11)13(3,4)5/h10H,6-9H2,1-5H3. The molecule has 0 spiro atoms. The third-order valence-electron chi connectivity index (χ3n) is 3.11. The molecule has 0 heteroatoms.